The molecule has 1 amide bonds. The van der Waals surface area contributed by atoms with E-state index in [0.29, 0.717) is 0 Å². The quantitative estimate of drug-likeness (QED) is 0.350. The number of benzene rings is 1. The Labute approximate surface area is 183 Å². The number of guanidine groups is 1. The van der Waals surface area contributed by atoms with Crippen molar-refractivity contribution in [2.24, 2.45) is 10.9 Å². The molecular formula is C24H41N5O. The molecule has 1 aliphatic rings. The average molecular weight is 416 g/mol. The summed E-state index contributed by atoms with van der Waals surface area (Å²) in [6.07, 6.45) is 5.88. The summed E-state index contributed by atoms with van der Waals surface area (Å²) in [5.41, 5.74) is 1.89. The summed E-state index contributed by atoms with van der Waals surface area (Å²) in [5, 5.41) is 6.75. The van der Waals surface area contributed by atoms with Crippen LogP contribution in [0.1, 0.15) is 55.5 Å². The molecule has 0 radical (unpaired) electrons. The van der Waals surface area contributed by atoms with Gasteiger partial charge in [-0.3, -0.25) is 9.79 Å². The Morgan fingerprint density at radius 2 is 1.97 bits per heavy atom. The minimum atomic E-state index is 0.0405. The van der Waals surface area contributed by atoms with Crippen LogP contribution in [0.5, 0.6) is 0 Å². The highest BCUT2D eigenvalue weighted by Gasteiger charge is 2.14. The Bertz CT molecular complexity index is 665. The molecule has 1 heterocycles. The zero-order valence-electron chi connectivity index (χ0n) is 19.4. The second-order valence-electron chi connectivity index (χ2n) is 8.57. The minimum Gasteiger partial charge on any atom is -0.357 e. The van der Waals surface area contributed by atoms with Crippen molar-refractivity contribution < 1.29 is 4.79 Å². The number of likely N-dealkylation sites (tertiary alicyclic amines) is 1. The number of piperidine rings is 1. The predicted octanol–water partition coefficient (Wildman–Crippen LogP) is 3.00. The summed E-state index contributed by atoms with van der Waals surface area (Å²) in [4.78, 5) is 21.1. The standard InChI is InChI=1S/C24H41N5O/c1-5-25-24(26-14-6-7-16-29-17-12-20(2)13-18-29)27-15-11-21-9-8-10-22(19-21)23(30)28(3)4/h8-10,19-20H,5-7,11-18H2,1-4H3,(H2,25,26,27). The first-order valence-corrected chi connectivity index (χ1v) is 11.5. The van der Waals surface area contributed by atoms with Crippen molar-refractivity contribution in [3.8, 4) is 0 Å². The third-order valence-corrected chi connectivity index (χ3v) is 5.66. The van der Waals surface area contributed by atoms with Gasteiger partial charge < -0.3 is 20.4 Å². The van der Waals surface area contributed by atoms with Crippen molar-refractivity contribution in [1.82, 2.24) is 20.4 Å². The van der Waals surface area contributed by atoms with E-state index in [2.05, 4.69) is 35.4 Å². The molecule has 1 aromatic carbocycles. The molecule has 6 nitrogen and oxygen atoms in total. The maximum atomic E-state index is 12.1. The highest BCUT2D eigenvalue weighted by Crippen LogP contribution is 2.16. The SMILES string of the molecule is CCNC(=NCCCCN1CCC(C)CC1)NCCc1cccc(C(=O)N(C)C)c1. The average Bonchev–Trinajstić information content (AvgIpc) is 2.74. The first kappa shape index (κ1) is 24.2. The van der Waals surface area contributed by atoms with Gasteiger partial charge in [-0.2, -0.15) is 0 Å². The van der Waals surface area contributed by atoms with Crippen LogP contribution in [-0.2, 0) is 6.42 Å². The summed E-state index contributed by atoms with van der Waals surface area (Å²) < 4.78 is 0. The summed E-state index contributed by atoms with van der Waals surface area (Å²) in [5.74, 6) is 1.82. The molecule has 2 N–H and O–H groups in total. The lowest BCUT2D eigenvalue weighted by molar-refractivity contribution is 0.0827. The van der Waals surface area contributed by atoms with Crippen LogP contribution in [0.2, 0.25) is 0 Å². The van der Waals surface area contributed by atoms with Gasteiger partial charge in [0.2, 0.25) is 0 Å². The van der Waals surface area contributed by atoms with Gasteiger partial charge in [0.25, 0.3) is 5.91 Å². The van der Waals surface area contributed by atoms with Gasteiger partial charge in [0.15, 0.2) is 5.96 Å². The number of aliphatic imine (C=N–C) groups is 1. The Morgan fingerprint density at radius 1 is 1.20 bits per heavy atom. The first-order chi connectivity index (χ1) is 14.5. The second-order valence-corrected chi connectivity index (χ2v) is 8.57. The van der Waals surface area contributed by atoms with E-state index in [1.807, 2.05) is 18.2 Å². The number of carbonyl (C=O) groups excluding carboxylic acids is 1. The molecule has 1 aliphatic heterocycles. The predicted molar refractivity (Wildman–Crippen MR) is 126 cm³/mol. The number of rotatable bonds is 10. The van der Waals surface area contributed by atoms with Gasteiger partial charge in [-0.15, -0.1) is 0 Å². The zero-order valence-corrected chi connectivity index (χ0v) is 19.4. The van der Waals surface area contributed by atoms with Crippen molar-refractivity contribution >= 4 is 11.9 Å². The lowest BCUT2D eigenvalue weighted by atomic mass is 9.99. The van der Waals surface area contributed by atoms with Gasteiger partial charge in [0.05, 0.1) is 0 Å². The molecular weight excluding hydrogens is 374 g/mol. The molecule has 0 aliphatic carbocycles. The molecule has 168 valence electrons. The Morgan fingerprint density at radius 3 is 2.67 bits per heavy atom. The number of hydrogen-bond acceptors (Lipinski definition) is 3. The zero-order chi connectivity index (χ0) is 21.8. The fourth-order valence-corrected chi connectivity index (χ4v) is 3.71. The third-order valence-electron chi connectivity index (χ3n) is 5.66. The van der Waals surface area contributed by atoms with E-state index in [1.54, 1.807) is 19.0 Å². The molecule has 0 atom stereocenters. The number of amides is 1. The largest absolute Gasteiger partial charge is 0.357 e. The Kier molecular flexibility index (Phi) is 10.7. The highest BCUT2D eigenvalue weighted by atomic mass is 16.2. The van der Waals surface area contributed by atoms with Crippen molar-refractivity contribution in [2.45, 2.75) is 46.0 Å². The lowest BCUT2D eigenvalue weighted by Gasteiger charge is -2.30. The van der Waals surface area contributed by atoms with E-state index in [-0.39, 0.29) is 5.91 Å². The number of carbonyl (C=O) groups is 1. The molecule has 0 aromatic heterocycles. The Balaban J connectivity index is 1.70. The summed E-state index contributed by atoms with van der Waals surface area (Å²) in [7, 11) is 3.56. The molecule has 0 bridgehead atoms. The van der Waals surface area contributed by atoms with Gasteiger partial charge in [-0.1, -0.05) is 19.1 Å². The number of hydrogen-bond donors (Lipinski definition) is 2. The number of nitrogens with one attached hydrogen (secondary N) is 2. The van der Waals surface area contributed by atoms with Crippen molar-refractivity contribution in [3.05, 3.63) is 35.4 Å². The molecule has 2 rings (SSSR count). The molecule has 6 heteroatoms. The maximum Gasteiger partial charge on any atom is 0.253 e. The van der Waals surface area contributed by atoms with Gasteiger partial charge in [-0.25, -0.2) is 0 Å². The van der Waals surface area contributed by atoms with Crippen LogP contribution in [0.3, 0.4) is 0 Å². The molecule has 0 saturated carbocycles. The van der Waals surface area contributed by atoms with E-state index in [0.717, 1.165) is 55.5 Å². The van der Waals surface area contributed by atoms with Crippen LogP contribution in [0, 0.1) is 5.92 Å². The molecule has 1 fully saturated rings. The molecule has 30 heavy (non-hydrogen) atoms. The van der Waals surface area contributed by atoms with Crippen LogP contribution in [0.25, 0.3) is 0 Å². The topological polar surface area (TPSA) is 60.0 Å². The molecule has 1 aromatic rings. The van der Waals surface area contributed by atoms with Crippen LogP contribution in [-0.4, -0.2) is 75.0 Å². The fraction of sp³-hybridized carbons (Fsp3) is 0.667. The van der Waals surface area contributed by atoms with Gasteiger partial charge in [-0.05, 0) is 82.3 Å². The van der Waals surface area contributed by atoms with E-state index in [9.17, 15) is 4.79 Å². The summed E-state index contributed by atoms with van der Waals surface area (Å²) in [6.45, 7) is 10.7. The molecule has 0 unspecified atom stereocenters. The Hall–Kier alpha value is -2.08. The molecule has 1 saturated heterocycles. The fourth-order valence-electron chi connectivity index (χ4n) is 3.71. The monoisotopic (exact) mass is 415 g/mol. The van der Waals surface area contributed by atoms with Crippen LogP contribution < -0.4 is 10.6 Å². The minimum absolute atomic E-state index is 0.0405. The normalized spacial score (nSPS) is 15.8. The second kappa shape index (κ2) is 13.3. The lowest BCUT2D eigenvalue weighted by Crippen LogP contribution is -2.38. The molecule has 0 spiro atoms. The van der Waals surface area contributed by atoms with Crippen molar-refractivity contribution in [1.29, 1.82) is 0 Å². The van der Waals surface area contributed by atoms with E-state index < -0.39 is 0 Å². The van der Waals surface area contributed by atoms with Crippen molar-refractivity contribution in [3.63, 3.8) is 0 Å². The van der Waals surface area contributed by atoms with E-state index in [4.69, 9.17) is 4.99 Å². The number of unbranched alkanes of at least 4 members (excludes halogenated alkanes) is 1. The van der Waals surface area contributed by atoms with Gasteiger partial charge in [0, 0.05) is 39.3 Å². The highest BCUT2D eigenvalue weighted by molar-refractivity contribution is 5.94. The van der Waals surface area contributed by atoms with Gasteiger partial charge >= 0.3 is 0 Å². The van der Waals surface area contributed by atoms with Crippen molar-refractivity contribution in [2.75, 3.05) is 53.4 Å². The third kappa shape index (κ3) is 8.74. The van der Waals surface area contributed by atoms with E-state index >= 15 is 0 Å². The maximum absolute atomic E-state index is 12.1. The van der Waals surface area contributed by atoms with E-state index in [1.165, 1.54) is 38.9 Å². The van der Waals surface area contributed by atoms with Gasteiger partial charge in [0.1, 0.15) is 0 Å². The smallest absolute Gasteiger partial charge is 0.253 e. The van der Waals surface area contributed by atoms with Crippen LogP contribution in [0.4, 0.5) is 0 Å². The van der Waals surface area contributed by atoms with Crippen LogP contribution in [0.15, 0.2) is 29.3 Å². The summed E-state index contributed by atoms with van der Waals surface area (Å²) in [6, 6.07) is 7.87. The summed E-state index contributed by atoms with van der Waals surface area (Å²) >= 11 is 0. The van der Waals surface area contributed by atoms with Crippen LogP contribution >= 0.6 is 0 Å². The first-order valence-electron chi connectivity index (χ1n) is 11.5. The number of nitrogens with zero attached hydrogens (tertiary/aromatic N) is 3.